The number of halogens is 1. The van der Waals surface area contributed by atoms with Crippen LogP contribution in [0.5, 0.6) is 0 Å². The van der Waals surface area contributed by atoms with Crippen molar-refractivity contribution in [2.24, 2.45) is 0 Å². The Morgan fingerprint density at radius 2 is 2.04 bits per heavy atom. The number of rotatable bonds is 5. The van der Waals surface area contributed by atoms with Crippen LogP contribution in [0.15, 0.2) is 47.1 Å². The van der Waals surface area contributed by atoms with E-state index in [4.69, 9.17) is 4.42 Å². The molecule has 1 amide bonds. The van der Waals surface area contributed by atoms with Gasteiger partial charge < -0.3 is 15.1 Å². The largest absolute Gasteiger partial charge is 0.438 e. The first kappa shape index (κ1) is 20.0. The van der Waals surface area contributed by atoms with E-state index in [1.54, 1.807) is 17.1 Å². The van der Waals surface area contributed by atoms with Gasteiger partial charge in [0.05, 0.1) is 18.4 Å². The van der Waals surface area contributed by atoms with Crippen LogP contribution in [-0.2, 0) is 0 Å². The zero-order chi connectivity index (χ0) is 18.6. The minimum atomic E-state index is -0.376. The number of benzene rings is 1. The Morgan fingerprint density at radius 3 is 2.79 bits per heavy atom. The molecular formula is C19H23ClN6O2. The van der Waals surface area contributed by atoms with Crippen LogP contribution in [0.3, 0.4) is 0 Å². The summed E-state index contributed by atoms with van der Waals surface area (Å²) >= 11 is 0. The standard InChI is InChI=1S/C19H22N6O2.ClH/c1-13(19-21-11-17(27-19)14-5-3-2-4-6-14)22-18(26)16-12-25(24-23-16)15-7-9-20-10-8-15;/h2-6,11-13,15,20H,7-10H2,1H3,(H,22,26);1H. The maximum Gasteiger partial charge on any atom is 0.274 e. The summed E-state index contributed by atoms with van der Waals surface area (Å²) in [6.45, 7) is 3.74. The highest BCUT2D eigenvalue weighted by Gasteiger charge is 2.21. The number of aromatic nitrogens is 4. The van der Waals surface area contributed by atoms with Crippen LogP contribution in [0, 0.1) is 0 Å². The van der Waals surface area contributed by atoms with Crippen molar-refractivity contribution in [1.82, 2.24) is 30.6 Å². The van der Waals surface area contributed by atoms with E-state index in [2.05, 4.69) is 25.9 Å². The number of hydrogen-bond acceptors (Lipinski definition) is 6. The molecule has 1 aliphatic heterocycles. The van der Waals surface area contributed by atoms with Gasteiger partial charge in [-0.25, -0.2) is 9.67 Å². The number of oxazole rings is 1. The molecule has 148 valence electrons. The summed E-state index contributed by atoms with van der Waals surface area (Å²) in [5.74, 6) is 0.832. The number of nitrogens with zero attached hydrogens (tertiary/aromatic N) is 4. The van der Waals surface area contributed by atoms with Crippen molar-refractivity contribution in [3.63, 3.8) is 0 Å². The van der Waals surface area contributed by atoms with Crippen molar-refractivity contribution >= 4 is 18.3 Å². The van der Waals surface area contributed by atoms with Crippen LogP contribution >= 0.6 is 12.4 Å². The number of amides is 1. The molecule has 9 heteroatoms. The van der Waals surface area contributed by atoms with Gasteiger partial charge in [0.1, 0.15) is 6.04 Å². The zero-order valence-corrected chi connectivity index (χ0v) is 16.4. The maximum atomic E-state index is 12.5. The number of nitrogens with one attached hydrogen (secondary N) is 2. The fourth-order valence-electron chi connectivity index (χ4n) is 3.19. The van der Waals surface area contributed by atoms with Gasteiger partial charge in [0, 0.05) is 5.56 Å². The fourth-order valence-corrected chi connectivity index (χ4v) is 3.19. The highest BCUT2D eigenvalue weighted by Crippen LogP contribution is 2.23. The molecule has 4 rings (SSSR count). The van der Waals surface area contributed by atoms with Crippen LogP contribution in [0.4, 0.5) is 0 Å². The summed E-state index contributed by atoms with van der Waals surface area (Å²) < 4.78 is 7.59. The van der Waals surface area contributed by atoms with E-state index < -0.39 is 0 Å². The topological polar surface area (TPSA) is 97.9 Å². The molecular weight excluding hydrogens is 380 g/mol. The van der Waals surface area contributed by atoms with Crippen LogP contribution in [0.1, 0.15) is 48.2 Å². The van der Waals surface area contributed by atoms with Crippen molar-refractivity contribution in [3.05, 3.63) is 54.3 Å². The molecule has 8 nitrogen and oxygen atoms in total. The van der Waals surface area contributed by atoms with E-state index in [9.17, 15) is 4.79 Å². The normalized spacial score (nSPS) is 15.6. The number of hydrogen-bond donors (Lipinski definition) is 2. The highest BCUT2D eigenvalue weighted by atomic mass is 35.5. The Balaban J connectivity index is 0.00000225. The van der Waals surface area contributed by atoms with E-state index in [1.165, 1.54) is 0 Å². The number of carbonyl (C=O) groups excluding carboxylic acids is 1. The van der Waals surface area contributed by atoms with E-state index in [0.717, 1.165) is 31.5 Å². The lowest BCUT2D eigenvalue weighted by molar-refractivity contribution is 0.0929. The predicted octanol–water partition coefficient (Wildman–Crippen LogP) is 2.77. The summed E-state index contributed by atoms with van der Waals surface area (Å²) in [7, 11) is 0. The van der Waals surface area contributed by atoms with Gasteiger partial charge in [-0.1, -0.05) is 35.5 Å². The lowest BCUT2D eigenvalue weighted by atomic mass is 10.1. The molecule has 0 bridgehead atoms. The first-order valence-electron chi connectivity index (χ1n) is 9.15. The van der Waals surface area contributed by atoms with Gasteiger partial charge in [-0.05, 0) is 32.9 Å². The molecule has 1 saturated heterocycles. The van der Waals surface area contributed by atoms with E-state index >= 15 is 0 Å². The molecule has 28 heavy (non-hydrogen) atoms. The van der Waals surface area contributed by atoms with Crippen LogP contribution in [-0.4, -0.2) is 39.0 Å². The summed E-state index contributed by atoms with van der Waals surface area (Å²) in [5, 5.41) is 14.3. The Bertz CT molecular complexity index is 904. The predicted molar refractivity (Wildman–Crippen MR) is 106 cm³/mol. The van der Waals surface area contributed by atoms with Crippen LogP contribution in [0.2, 0.25) is 0 Å². The Kier molecular flexibility index (Phi) is 6.43. The summed E-state index contributed by atoms with van der Waals surface area (Å²) in [6.07, 6.45) is 5.35. The fraction of sp³-hybridized carbons (Fsp3) is 0.368. The van der Waals surface area contributed by atoms with Gasteiger partial charge in [-0.2, -0.15) is 0 Å². The van der Waals surface area contributed by atoms with Crippen molar-refractivity contribution < 1.29 is 9.21 Å². The molecule has 3 heterocycles. The average Bonchev–Trinajstić information content (AvgIpc) is 3.39. The second-order valence-corrected chi connectivity index (χ2v) is 6.69. The lowest BCUT2D eigenvalue weighted by Crippen LogP contribution is -2.29. The number of carbonyl (C=O) groups is 1. The maximum absolute atomic E-state index is 12.5. The average molecular weight is 403 g/mol. The van der Waals surface area contributed by atoms with Gasteiger partial charge >= 0.3 is 0 Å². The first-order valence-corrected chi connectivity index (χ1v) is 9.15. The van der Waals surface area contributed by atoms with Crippen molar-refractivity contribution in [2.75, 3.05) is 13.1 Å². The quantitative estimate of drug-likeness (QED) is 0.681. The van der Waals surface area contributed by atoms with Gasteiger partial charge in [0.25, 0.3) is 5.91 Å². The molecule has 3 aromatic rings. The van der Waals surface area contributed by atoms with Crippen molar-refractivity contribution in [1.29, 1.82) is 0 Å². The Morgan fingerprint density at radius 1 is 1.29 bits per heavy atom. The minimum Gasteiger partial charge on any atom is -0.438 e. The monoisotopic (exact) mass is 402 g/mol. The minimum absolute atomic E-state index is 0. The molecule has 0 aliphatic carbocycles. The molecule has 1 fully saturated rings. The third-order valence-electron chi connectivity index (χ3n) is 4.73. The van der Waals surface area contributed by atoms with Crippen molar-refractivity contribution in [2.45, 2.75) is 31.8 Å². The number of piperidine rings is 1. The SMILES string of the molecule is CC(NC(=O)c1cn(C2CCNCC2)nn1)c1ncc(-c2ccccc2)o1.Cl. The molecule has 0 spiro atoms. The molecule has 2 aromatic heterocycles. The molecule has 1 aliphatic rings. The molecule has 0 radical (unpaired) electrons. The summed E-state index contributed by atoms with van der Waals surface area (Å²) in [5.41, 5.74) is 1.25. The van der Waals surface area contributed by atoms with E-state index in [1.807, 2.05) is 37.3 Å². The van der Waals surface area contributed by atoms with E-state index in [0.29, 0.717) is 17.3 Å². The zero-order valence-electron chi connectivity index (χ0n) is 15.5. The molecule has 1 aromatic carbocycles. The van der Waals surface area contributed by atoms with Gasteiger partial charge in [-0.3, -0.25) is 4.79 Å². The Labute approximate surface area is 169 Å². The van der Waals surface area contributed by atoms with Gasteiger partial charge in [0.2, 0.25) is 5.89 Å². The summed E-state index contributed by atoms with van der Waals surface area (Å²) in [4.78, 5) is 16.8. The Hall–Kier alpha value is -2.71. The van der Waals surface area contributed by atoms with Gasteiger partial charge in [0.15, 0.2) is 11.5 Å². The van der Waals surface area contributed by atoms with Crippen molar-refractivity contribution in [3.8, 4) is 11.3 Å². The summed E-state index contributed by atoms with van der Waals surface area (Å²) in [6, 6.07) is 9.64. The molecule has 1 atom stereocenters. The molecule has 1 unspecified atom stereocenters. The smallest absolute Gasteiger partial charge is 0.274 e. The second kappa shape index (κ2) is 8.99. The van der Waals surface area contributed by atoms with Crippen LogP contribution < -0.4 is 10.6 Å². The highest BCUT2D eigenvalue weighted by molar-refractivity contribution is 5.92. The molecule has 0 saturated carbocycles. The van der Waals surface area contributed by atoms with E-state index in [-0.39, 0.29) is 30.4 Å². The van der Waals surface area contributed by atoms with Crippen LogP contribution in [0.25, 0.3) is 11.3 Å². The first-order chi connectivity index (χ1) is 13.2. The second-order valence-electron chi connectivity index (χ2n) is 6.69. The third-order valence-corrected chi connectivity index (χ3v) is 4.73. The van der Waals surface area contributed by atoms with Gasteiger partial charge in [-0.15, -0.1) is 17.5 Å². The lowest BCUT2D eigenvalue weighted by Gasteiger charge is -2.22. The molecule has 2 N–H and O–H groups in total. The third kappa shape index (κ3) is 4.40.